The number of hydrogen-bond acceptors (Lipinski definition) is 4. The highest BCUT2D eigenvalue weighted by Crippen LogP contribution is 2.23. The summed E-state index contributed by atoms with van der Waals surface area (Å²) in [5.41, 5.74) is 6.07. The van der Waals surface area contributed by atoms with Crippen molar-refractivity contribution in [2.24, 2.45) is 0 Å². The molecule has 0 aliphatic rings. The van der Waals surface area contributed by atoms with Gasteiger partial charge in [-0.3, -0.25) is 4.79 Å². The van der Waals surface area contributed by atoms with Gasteiger partial charge in [-0.2, -0.15) is 13.2 Å². The van der Waals surface area contributed by atoms with E-state index in [1.165, 1.54) is 25.2 Å². The van der Waals surface area contributed by atoms with Gasteiger partial charge in [-0.1, -0.05) is 0 Å². The van der Waals surface area contributed by atoms with Crippen molar-refractivity contribution in [2.45, 2.75) is 12.3 Å². The van der Waals surface area contributed by atoms with E-state index in [1.807, 2.05) is 0 Å². The van der Waals surface area contributed by atoms with Gasteiger partial charge in [0, 0.05) is 25.0 Å². The molecule has 5 nitrogen and oxygen atoms in total. The molecule has 0 heterocycles. The second kappa shape index (κ2) is 5.79. The first-order valence-corrected chi connectivity index (χ1v) is 5.36. The van der Waals surface area contributed by atoms with Crippen LogP contribution in [0.25, 0.3) is 0 Å². The number of aliphatic hydroxyl groups excluding tert-OH is 1. The molecule has 0 bridgehead atoms. The van der Waals surface area contributed by atoms with Crippen LogP contribution in [0.4, 0.5) is 24.5 Å². The maximum absolute atomic E-state index is 12.2. The number of anilines is 2. The molecule has 0 fully saturated rings. The molecule has 1 unspecified atom stereocenters. The van der Waals surface area contributed by atoms with Gasteiger partial charge in [0.05, 0.1) is 5.56 Å². The number of rotatable bonds is 4. The van der Waals surface area contributed by atoms with Gasteiger partial charge in [-0.05, 0) is 18.2 Å². The Morgan fingerprint density at radius 2 is 2.11 bits per heavy atom. The van der Waals surface area contributed by atoms with Crippen LogP contribution in [-0.2, 0) is 0 Å². The lowest BCUT2D eigenvalue weighted by Crippen LogP contribution is -2.35. The topological polar surface area (TPSA) is 87.4 Å². The maximum atomic E-state index is 12.2. The minimum atomic E-state index is -4.72. The molecule has 0 spiro atoms. The lowest BCUT2D eigenvalue weighted by Gasteiger charge is -2.17. The Kier molecular flexibility index (Phi) is 4.60. The average Bonchev–Trinajstić information content (AvgIpc) is 2.33. The molecular formula is C11H14F3N3O2. The second-order valence-corrected chi connectivity index (χ2v) is 3.82. The number of carbonyl (C=O) groups excluding carboxylic acids is 1. The fourth-order valence-corrected chi connectivity index (χ4v) is 1.36. The molecule has 0 saturated heterocycles. The van der Waals surface area contributed by atoms with Crippen molar-refractivity contribution in [3.05, 3.63) is 23.8 Å². The molecular weight excluding hydrogens is 263 g/mol. The summed E-state index contributed by atoms with van der Waals surface area (Å²) < 4.78 is 36.5. The van der Waals surface area contributed by atoms with Crippen molar-refractivity contribution in [1.82, 2.24) is 5.32 Å². The number of halogens is 3. The third-order valence-corrected chi connectivity index (χ3v) is 2.38. The van der Waals surface area contributed by atoms with Gasteiger partial charge < -0.3 is 21.5 Å². The van der Waals surface area contributed by atoms with Crippen molar-refractivity contribution >= 4 is 17.3 Å². The predicted octanol–water partition coefficient (Wildman–Crippen LogP) is 0.963. The fraction of sp³-hybridized carbons (Fsp3) is 0.364. The zero-order valence-electron chi connectivity index (χ0n) is 10.1. The first-order valence-electron chi connectivity index (χ1n) is 5.36. The summed E-state index contributed by atoms with van der Waals surface area (Å²) in [5, 5.41) is 13.6. The van der Waals surface area contributed by atoms with E-state index in [2.05, 4.69) is 10.6 Å². The molecule has 0 aliphatic carbocycles. The van der Waals surface area contributed by atoms with Crippen molar-refractivity contribution in [3.8, 4) is 0 Å². The SMILES string of the molecule is CNC(=O)c1ccc(N)cc1NCC(O)C(F)(F)F. The molecule has 0 radical (unpaired) electrons. The Bertz CT molecular complexity index is 463. The van der Waals surface area contributed by atoms with Gasteiger partial charge in [0.2, 0.25) is 0 Å². The monoisotopic (exact) mass is 277 g/mol. The summed E-state index contributed by atoms with van der Waals surface area (Å²) in [5.74, 6) is -0.469. The zero-order valence-corrected chi connectivity index (χ0v) is 10.1. The van der Waals surface area contributed by atoms with Crippen LogP contribution in [0.1, 0.15) is 10.4 Å². The highest BCUT2D eigenvalue weighted by molar-refractivity contribution is 6.00. The lowest BCUT2D eigenvalue weighted by atomic mass is 10.1. The number of alkyl halides is 3. The first kappa shape index (κ1) is 15.1. The van der Waals surface area contributed by atoms with E-state index in [1.54, 1.807) is 0 Å². The molecule has 1 amide bonds. The Hall–Kier alpha value is -1.96. The van der Waals surface area contributed by atoms with Gasteiger partial charge in [0.1, 0.15) is 0 Å². The van der Waals surface area contributed by atoms with E-state index in [0.717, 1.165) is 0 Å². The zero-order chi connectivity index (χ0) is 14.6. The van der Waals surface area contributed by atoms with Gasteiger partial charge in [0.25, 0.3) is 5.91 Å². The molecule has 0 aromatic heterocycles. The van der Waals surface area contributed by atoms with Crippen LogP contribution in [0, 0.1) is 0 Å². The van der Waals surface area contributed by atoms with E-state index in [-0.39, 0.29) is 16.9 Å². The molecule has 1 rings (SSSR count). The largest absolute Gasteiger partial charge is 0.416 e. The number of hydrogen-bond donors (Lipinski definition) is 4. The average molecular weight is 277 g/mol. The van der Waals surface area contributed by atoms with E-state index in [0.29, 0.717) is 0 Å². The van der Waals surface area contributed by atoms with Crippen LogP contribution in [-0.4, -0.2) is 36.9 Å². The molecule has 1 aromatic rings. The molecule has 5 N–H and O–H groups in total. The van der Waals surface area contributed by atoms with Gasteiger partial charge in [-0.25, -0.2) is 0 Å². The molecule has 0 aliphatic heterocycles. The smallest absolute Gasteiger partial charge is 0.399 e. The summed E-state index contributed by atoms with van der Waals surface area (Å²) >= 11 is 0. The number of nitrogens with two attached hydrogens (primary N) is 1. The van der Waals surface area contributed by atoms with Crippen molar-refractivity contribution < 1.29 is 23.1 Å². The second-order valence-electron chi connectivity index (χ2n) is 3.82. The number of carbonyl (C=O) groups is 1. The first-order chi connectivity index (χ1) is 8.75. The number of nitrogens with one attached hydrogen (secondary N) is 2. The number of aliphatic hydroxyl groups is 1. The number of benzene rings is 1. The van der Waals surface area contributed by atoms with Crippen LogP contribution in [0.3, 0.4) is 0 Å². The minimum absolute atomic E-state index is 0.127. The number of nitrogen functional groups attached to an aromatic ring is 1. The Morgan fingerprint density at radius 3 is 2.63 bits per heavy atom. The van der Waals surface area contributed by atoms with Crippen LogP contribution in [0.5, 0.6) is 0 Å². The molecule has 1 aromatic carbocycles. The van der Waals surface area contributed by atoms with Crippen molar-refractivity contribution in [1.29, 1.82) is 0 Å². The van der Waals surface area contributed by atoms with Crippen LogP contribution < -0.4 is 16.4 Å². The van der Waals surface area contributed by atoms with E-state index >= 15 is 0 Å². The van der Waals surface area contributed by atoms with Gasteiger partial charge in [0.15, 0.2) is 6.10 Å². The van der Waals surface area contributed by atoms with Gasteiger partial charge >= 0.3 is 6.18 Å². The van der Waals surface area contributed by atoms with Gasteiger partial charge in [-0.15, -0.1) is 0 Å². The molecule has 8 heteroatoms. The van der Waals surface area contributed by atoms with Crippen molar-refractivity contribution in [3.63, 3.8) is 0 Å². The molecule has 1 atom stereocenters. The predicted molar refractivity (Wildman–Crippen MR) is 64.8 cm³/mol. The van der Waals surface area contributed by atoms with E-state index in [4.69, 9.17) is 10.8 Å². The third kappa shape index (κ3) is 4.02. The Labute approximate surface area is 107 Å². The molecule has 106 valence electrons. The van der Waals surface area contributed by atoms with Crippen molar-refractivity contribution in [2.75, 3.05) is 24.6 Å². The summed E-state index contributed by atoms with van der Waals surface area (Å²) in [4.78, 5) is 11.5. The lowest BCUT2D eigenvalue weighted by molar-refractivity contribution is -0.198. The summed E-state index contributed by atoms with van der Waals surface area (Å²) in [6, 6.07) is 4.17. The molecule has 19 heavy (non-hydrogen) atoms. The van der Waals surface area contributed by atoms with E-state index < -0.39 is 24.7 Å². The van der Waals surface area contributed by atoms with Crippen LogP contribution in [0.15, 0.2) is 18.2 Å². The number of amides is 1. The third-order valence-electron chi connectivity index (χ3n) is 2.38. The Balaban J connectivity index is 2.88. The summed E-state index contributed by atoms with van der Waals surface area (Å²) in [6.07, 6.45) is -7.24. The minimum Gasteiger partial charge on any atom is -0.399 e. The van der Waals surface area contributed by atoms with Crippen LogP contribution >= 0.6 is 0 Å². The standard InChI is InChI=1S/C11H14F3N3O2/c1-16-10(19)7-3-2-6(15)4-8(7)17-5-9(18)11(12,13)14/h2-4,9,17-18H,5,15H2,1H3,(H,16,19). The molecule has 0 saturated carbocycles. The highest BCUT2D eigenvalue weighted by Gasteiger charge is 2.37. The maximum Gasteiger partial charge on any atom is 0.416 e. The highest BCUT2D eigenvalue weighted by atomic mass is 19.4. The Morgan fingerprint density at radius 1 is 1.47 bits per heavy atom. The van der Waals surface area contributed by atoms with E-state index in [9.17, 15) is 18.0 Å². The normalized spacial score (nSPS) is 12.9. The summed E-state index contributed by atoms with van der Waals surface area (Å²) in [6.45, 7) is -0.767. The quantitative estimate of drug-likeness (QED) is 0.617. The van der Waals surface area contributed by atoms with Crippen LogP contribution in [0.2, 0.25) is 0 Å². The summed E-state index contributed by atoms with van der Waals surface area (Å²) in [7, 11) is 1.40. The fourth-order valence-electron chi connectivity index (χ4n) is 1.36.